The van der Waals surface area contributed by atoms with E-state index in [1.54, 1.807) is 0 Å². The summed E-state index contributed by atoms with van der Waals surface area (Å²) in [4.78, 5) is 30.0. The quantitative estimate of drug-likeness (QED) is 0.305. The number of thioether (sulfide) groups is 1. The first-order valence-corrected chi connectivity index (χ1v) is 6.28. The van der Waals surface area contributed by atoms with Gasteiger partial charge in [-0.1, -0.05) is 0 Å². The van der Waals surface area contributed by atoms with Crippen LogP contribution in [-0.4, -0.2) is 62.9 Å². The molecule has 0 saturated carbocycles. The third kappa shape index (κ3) is 12.9. The molecule has 0 aromatic rings. The largest absolute Gasteiger partial charge is 0.480 e. The van der Waals surface area contributed by atoms with Crippen molar-refractivity contribution in [3.63, 3.8) is 0 Å². The van der Waals surface area contributed by atoms with Crippen LogP contribution >= 0.6 is 11.8 Å². The predicted octanol–water partition coefficient (Wildman–Crippen LogP) is -2.04. The van der Waals surface area contributed by atoms with Crippen molar-refractivity contribution in [1.29, 1.82) is 0 Å². The fourth-order valence-corrected chi connectivity index (χ4v) is 1.39. The summed E-state index contributed by atoms with van der Waals surface area (Å²) >= 11 is 1.11. The zero-order valence-electron chi connectivity index (χ0n) is 10.4. The molecular formula is C9H19N3O6S. The molecule has 0 radical (unpaired) electrons. The highest BCUT2D eigenvalue weighted by molar-refractivity contribution is 7.99. The molecule has 0 spiro atoms. The summed E-state index contributed by atoms with van der Waals surface area (Å²) in [6, 6.07) is -2.66. The summed E-state index contributed by atoms with van der Waals surface area (Å²) in [5.41, 5.74) is 15.2. The highest BCUT2D eigenvalue weighted by atomic mass is 32.2. The van der Waals surface area contributed by atoms with Crippen molar-refractivity contribution in [2.75, 3.05) is 11.5 Å². The molecule has 0 bridgehead atoms. The van der Waals surface area contributed by atoms with Gasteiger partial charge >= 0.3 is 17.9 Å². The van der Waals surface area contributed by atoms with Crippen LogP contribution in [0.15, 0.2) is 0 Å². The Labute approximate surface area is 114 Å². The Hall–Kier alpha value is -1.36. The topological polar surface area (TPSA) is 190 Å². The molecule has 9 nitrogen and oxygen atoms in total. The van der Waals surface area contributed by atoms with Crippen molar-refractivity contribution in [3.05, 3.63) is 0 Å². The van der Waals surface area contributed by atoms with Crippen LogP contribution in [-0.2, 0) is 14.4 Å². The van der Waals surface area contributed by atoms with E-state index in [9.17, 15) is 14.4 Å². The lowest BCUT2D eigenvalue weighted by molar-refractivity contribution is -0.139. The van der Waals surface area contributed by atoms with Crippen LogP contribution in [0, 0.1) is 0 Å². The third-order valence-corrected chi connectivity index (χ3v) is 2.81. The number of carboxylic acids is 3. The molecule has 10 heteroatoms. The van der Waals surface area contributed by atoms with Gasteiger partial charge in [0.1, 0.15) is 18.1 Å². The van der Waals surface area contributed by atoms with Gasteiger partial charge in [0.15, 0.2) is 0 Å². The number of nitrogens with two attached hydrogens (primary N) is 3. The summed E-state index contributed by atoms with van der Waals surface area (Å²) in [6.07, 6.45) is 0. The van der Waals surface area contributed by atoms with E-state index in [2.05, 4.69) is 0 Å². The number of carbonyl (C=O) groups is 3. The van der Waals surface area contributed by atoms with E-state index in [1.807, 2.05) is 0 Å². The minimum absolute atomic E-state index is 0.163. The first-order valence-electron chi connectivity index (χ1n) is 5.12. The van der Waals surface area contributed by atoms with Crippen molar-refractivity contribution in [2.45, 2.75) is 25.0 Å². The van der Waals surface area contributed by atoms with Gasteiger partial charge in [0, 0.05) is 11.5 Å². The first-order chi connectivity index (χ1) is 8.59. The second-order valence-corrected chi connectivity index (χ2v) is 4.63. The number of rotatable bonds is 7. The SMILES string of the molecule is CC(N)C(=O)O.NC(CSCC(N)C(=O)O)C(=O)O. The van der Waals surface area contributed by atoms with Crippen LogP contribution in [0.3, 0.4) is 0 Å². The Balaban J connectivity index is 0. The third-order valence-electron chi connectivity index (χ3n) is 1.62. The van der Waals surface area contributed by atoms with Crippen molar-refractivity contribution in [1.82, 2.24) is 0 Å². The maximum atomic E-state index is 10.2. The monoisotopic (exact) mass is 297 g/mol. The van der Waals surface area contributed by atoms with Crippen molar-refractivity contribution < 1.29 is 29.7 Å². The first kappa shape index (κ1) is 20.0. The van der Waals surface area contributed by atoms with E-state index in [0.717, 1.165) is 11.8 Å². The second kappa shape index (κ2) is 10.6. The number of hydrogen-bond acceptors (Lipinski definition) is 7. The van der Waals surface area contributed by atoms with E-state index in [1.165, 1.54) is 6.92 Å². The van der Waals surface area contributed by atoms with Crippen LogP contribution in [0.1, 0.15) is 6.92 Å². The summed E-state index contributed by atoms with van der Waals surface area (Å²) in [6.45, 7) is 1.42. The number of aliphatic carboxylic acids is 3. The molecule has 0 amide bonds. The Morgan fingerprint density at radius 1 is 0.895 bits per heavy atom. The minimum atomic E-state index is -1.10. The molecule has 0 aromatic heterocycles. The molecule has 19 heavy (non-hydrogen) atoms. The van der Waals surface area contributed by atoms with Crippen LogP contribution < -0.4 is 17.2 Å². The molecule has 0 aromatic carbocycles. The molecule has 3 unspecified atom stereocenters. The summed E-state index contributed by atoms with van der Waals surface area (Å²) < 4.78 is 0. The van der Waals surface area contributed by atoms with Gasteiger partial charge in [-0.2, -0.15) is 11.8 Å². The molecule has 0 aliphatic carbocycles. The number of hydrogen-bond donors (Lipinski definition) is 6. The second-order valence-electron chi connectivity index (χ2n) is 3.55. The van der Waals surface area contributed by atoms with E-state index >= 15 is 0 Å². The van der Waals surface area contributed by atoms with Gasteiger partial charge in [-0.15, -0.1) is 0 Å². The highest BCUT2D eigenvalue weighted by Crippen LogP contribution is 2.03. The lowest BCUT2D eigenvalue weighted by Crippen LogP contribution is -2.36. The predicted molar refractivity (Wildman–Crippen MR) is 69.8 cm³/mol. The molecule has 0 saturated heterocycles. The molecular weight excluding hydrogens is 278 g/mol. The van der Waals surface area contributed by atoms with Gasteiger partial charge in [0.05, 0.1) is 0 Å². The van der Waals surface area contributed by atoms with Crippen molar-refractivity contribution in [2.24, 2.45) is 17.2 Å². The Kier molecular flexibility index (Phi) is 11.1. The van der Waals surface area contributed by atoms with E-state index in [-0.39, 0.29) is 11.5 Å². The Morgan fingerprint density at radius 3 is 1.32 bits per heavy atom. The smallest absolute Gasteiger partial charge is 0.321 e. The maximum Gasteiger partial charge on any atom is 0.321 e. The van der Waals surface area contributed by atoms with E-state index in [4.69, 9.17) is 32.5 Å². The molecule has 112 valence electrons. The van der Waals surface area contributed by atoms with Gasteiger partial charge in [-0.3, -0.25) is 14.4 Å². The van der Waals surface area contributed by atoms with Crippen LogP contribution in [0.25, 0.3) is 0 Å². The lowest BCUT2D eigenvalue weighted by atomic mass is 10.4. The fraction of sp³-hybridized carbons (Fsp3) is 0.667. The van der Waals surface area contributed by atoms with Crippen molar-refractivity contribution >= 4 is 29.7 Å². The maximum absolute atomic E-state index is 10.2. The van der Waals surface area contributed by atoms with Gasteiger partial charge < -0.3 is 32.5 Å². The molecule has 0 heterocycles. The zero-order valence-corrected chi connectivity index (χ0v) is 11.2. The average Bonchev–Trinajstić information content (AvgIpc) is 2.28. The van der Waals surface area contributed by atoms with E-state index in [0.29, 0.717) is 0 Å². The normalized spacial score (nSPS) is 14.5. The Morgan fingerprint density at radius 2 is 1.16 bits per heavy atom. The molecule has 0 aliphatic heterocycles. The number of carboxylic acid groups (broad SMARTS) is 3. The van der Waals surface area contributed by atoms with Crippen LogP contribution in [0.2, 0.25) is 0 Å². The zero-order chi connectivity index (χ0) is 15.6. The van der Waals surface area contributed by atoms with Gasteiger partial charge in [-0.05, 0) is 6.92 Å². The fourth-order valence-electron chi connectivity index (χ4n) is 0.465. The van der Waals surface area contributed by atoms with Gasteiger partial charge in [-0.25, -0.2) is 0 Å². The lowest BCUT2D eigenvalue weighted by Gasteiger charge is -2.07. The molecule has 0 aliphatic rings. The van der Waals surface area contributed by atoms with Crippen LogP contribution in [0.4, 0.5) is 0 Å². The van der Waals surface area contributed by atoms with Crippen molar-refractivity contribution in [3.8, 4) is 0 Å². The average molecular weight is 297 g/mol. The van der Waals surface area contributed by atoms with Gasteiger partial charge in [0.25, 0.3) is 0 Å². The molecule has 3 atom stereocenters. The molecule has 0 fully saturated rings. The summed E-state index contributed by atoms with van der Waals surface area (Å²) in [5.74, 6) is -2.84. The summed E-state index contributed by atoms with van der Waals surface area (Å²) in [7, 11) is 0. The van der Waals surface area contributed by atoms with Crippen LogP contribution in [0.5, 0.6) is 0 Å². The van der Waals surface area contributed by atoms with Gasteiger partial charge in [0.2, 0.25) is 0 Å². The molecule has 9 N–H and O–H groups in total. The highest BCUT2D eigenvalue weighted by Gasteiger charge is 2.15. The standard InChI is InChI=1S/C6H12N2O4S.C3H7NO2/c7-3(5(9)10)1-13-2-4(8)6(11)12;1-2(4)3(5)6/h3-4H,1-2,7-8H2,(H,9,10)(H,11,12);2H,4H2,1H3,(H,5,6). The molecule has 0 rings (SSSR count). The Bertz CT molecular complexity index is 292. The van der Waals surface area contributed by atoms with E-state index < -0.39 is 36.0 Å². The summed E-state index contributed by atoms with van der Waals surface area (Å²) in [5, 5.41) is 24.6. The minimum Gasteiger partial charge on any atom is -0.480 e.